The molecule has 0 heterocycles. The number of carbonyl (C=O) groups excluding carboxylic acids is 2. The normalized spacial score (nSPS) is 11.5. The third-order valence-corrected chi connectivity index (χ3v) is 3.40. The minimum absolute atomic E-state index is 0.0244. The summed E-state index contributed by atoms with van der Waals surface area (Å²) >= 11 is 0. The van der Waals surface area contributed by atoms with Gasteiger partial charge < -0.3 is 19.5 Å². The van der Waals surface area contributed by atoms with Crippen LogP contribution in [0.15, 0.2) is 60.3 Å². The van der Waals surface area contributed by atoms with Gasteiger partial charge in [0.05, 0.1) is 25.9 Å². The summed E-state index contributed by atoms with van der Waals surface area (Å²) in [6.45, 7) is 0. The lowest BCUT2D eigenvalue weighted by molar-refractivity contribution is -0.138. The highest BCUT2D eigenvalue weighted by Gasteiger charge is 2.30. The van der Waals surface area contributed by atoms with Crippen molar-refractivity contribution < 1.29 is 37.0 Å². The molecule has 0 aliphatic carbocycles. The number of hydrogen-bond donors (Lipinski definition) is 1. The molecule has 0 spiro atoms. The first-order chi connectivity index (χ1) is 13.2. The molecule has 0 aromatic heterocycles. The Kier molecular flexibility index (Phi) is 6.64. The Bertz CT molecular complexity index is 876. The van der Waals surface area contributed by atoms with Gasteiger partial charge in [0.2, 0.25) is 0 Å². The summed E-state index contributed by atoms with van der Waals surface area (Å²) in [4.78, 5) is 23.1. The molecule has 0 amide bonds. The Labute approximate surface area is 158 Å². The molecule has 0 unspecified atom stereocenters. The Morgan fingerprint density at radius 2 is 1.64 bits per heavy atom. The van der Waals surface area contributed by atoms with Crippen molar-refractivity contribution in [3.8, 4) is 11.5 Å². The fraction of sp³-hybridized carbons (Fsp3) is 0.158. The maximum Gasteiger partial charge on any atom is 0.416 e. The summed E-state index contributed by atoms with van der Waals surface area (Å²) in [7, 11) is 2.31. The first kappa shape index (κ1) is 20.8. The number of nitrogens with one attached hydrogen (secondary N) is 1. The van der Waals surface area contributed by atoms with E-state index in [1.807, 2.05) is 0 Å². The first-order valence-corrected chi connectivity index (χ1v) is 7.83. The smallest absolute Gasteiger partial charge is 0.416 e. The minimum Gasteiger partial charge on any atom is -0.466 e. The average molecular weight is 395 g/mol. The number of alkyl halides is 3. The standard InChI is InChI=1S/C19H16F3NO5/c1-26-17(24)11-16(18(25)27-2)23-13-6-8-14(9-7-13)28-15-5-3-4-12(10-15)19(20,21)22/h3-11,23H,1-2H3/b16-11+. The molecule has 1 N–H and O–H groups in total. The van der Waals surface area contributed by atoms with Gasteiger partial charge in [-0.25, -0.2) is 9.59 Å². The van der Waals surface area contributed by atoms with Gasteiger partial charge in [-0.15, -0.1) is 0 Å². The van der Waals surface area contributed by atoms with Gasteiger partial charge in [0, 0.05) is 5.69 Å². The highest BCUT2D eigenvalue weighted by atomic mass is 19.4. The van der Waals surface area contributed by atoms with Crippen molar-refractivity contribution in [2.45, 2.75) is 6.18 Å². The van der Waals surface area contributed by atoms with E-state index >= 15 is 0 Å². The number of anilines is 1. The Morgan fingerprint density at radius 1 is 0.964 bits per heavy atom. The van der Waals surface area contributed by atoms with Crippen LogP contribution in [0.5, 0.6) is 11.5 Å². The van der Waals surface area contributed by atoms with Crippen LogP contribution >= 0.6 is 0 Å². The Hall–Kier alpha value is -3.49. The van der Waals surface area contributed by atoms with Crippen molar-refractivity contribution in [2.75, 3.05) is 19.5 Å². The Morgan fingerprint density at radius 3 is 2.21 bits per heavy atom. The Balaban J connectivity index is 2.14. The van der Waals surface area contributed by atoms with E-state index in [9.17, 15) is 22.8 Å². The number of rotatable bonds is 6. The van der Waals surface area contributed by atoms with Gasteiger partial charge >= 0.3 is 18.1 Å². The summed E-state index contributed by atoms with van der Waals surface area (Å²) in [6.07, 6.45) is -3.54. The molecule has 0 atom stereocenters. The number of halogens is 3. The first-order valence-electron chi connectivity index (χ1n) is 7.83. The summed E-state index contributed by atoms with van der Waals surface area (Å²) < 4.78 is 52.7. The van der Waals surface area contributed by atoms with Crippen LogP contribution in [0.25, 0.3) is 0 Å². The van der Waals surface area contributed by atoms with Crippen LogP contribution in [-0.2, 0) is 25.2 Å². The molecule has 0 saturated heterocycles. The van der Waals surface area contributed by atoms with Crippen molar-refractivity contribution >= 4 is 17.6 Å². The quantitative estimate of drug-likeness (QED) is 0.585. The van der Waals surface area contributed by atoms with E-state index in [-0.39, 0.29) is 17.2 Å². The number of carbonyl (C=O) groups is 2. The van der Waals surface area contributed by atoms with Gasteiger partial charge in [0.15, 0.2) is 0 Å². The van der Waals surface area contributed by atoms with Crippen molar-refractivity contribution in [3.63, 3.8) is 0 Å². The predicted molar refractivity (Wildman–Crippen MR) is 93.7 cm³/mol. The molecule has 0 fully saturated rings. The zero-order chi connectivity index (χ0) is 20.7. The van der Waals surface area contributed by atoms with Gasteiger partial charge in [-0.1, -0.05) is 6.07 Å². The highest BCUT2D eigenvalue weighted by molar-refractivity contribution is 5.98. The van der Waals surface area contributed by atoms with Gasteiger partial charge in [-0.3, -0.25) is 0 Å². The molecular weight excluding hydrogens is 379 g/mol. The van der Waals surface area contributed by atoms with Crippen molar-refractivity contribution in [1.29, 1.82) is 0 Å². The van der Waals surface area contributed by atoms with Crippen molar-refractivity contribution in [2.24, 2.45) is 0 Å². The number of hydrogen-bond acceptors (Lipinski definition) is 6. The summed E-state index contributed by atoms with van der Waals surface area (Å²) in [5.41, 5.74) is -0.559. The van der Waals surface area contributed by atoms with Gasteiger partial charge in [-0.05, 0) is 42.5 Å². The number of methoxy groups -OCH3 is 2. The number of esters is 2. The van der Waals surface area contributed by atoms with Crippen LogP contribution in [-0.4, -0.2) is 26.2 Å². The monoisotopic (exact) mass is 395 g/mol. The molecule has 0 bridgehead atoms. The number of ether oxygens (including phenoxy) is 3. The molecule has 6 nitrogen and oxygen atoms in total. The van der Waals surface area contributed by atoms with E-state index in [0.717, 1.165) is 32.4 Å². The summed E-state index contributed by atoms with van der Waals surface area (Å²) in [6, 6.07) is 10.5. The van der Waals surface area contributed by atoms with E-state index in [1.54, 1.807) is 0 Å². The fourth-order valence-corrected chi connectivity index (χ4v) is 2.07. The van der Waals surface area contributed by atoms with E-state index in [1.165, 1.54) is 36.4 Å². The van der Waals surface area contributed by atoms with E-state index in [0.29, 0.717) is 5.69 Å². The second kappa shape index (κ2) is 8.94. The van der Waals surface area contributed by atoms with Crippen molar-refractivity contribution in [1.82, 2.24) is 0 Å². The molecule has 0 aliphatic heterocycles. The lowest BCUT2D eigenvalue weighted by Gasteiger charge is -2.11. The zero-order valence-corrected chi connectivity index (χ0v) is 14.9. The van der Waals surface area contributed by atoms with Gasteiger partial charge in [-0.2, -0.15) is 13.2 Å². The second-order valence-electron chi connectivity index (χ2n) is 5.35. The maximum atomic E-state index is 12.8. The molecule has 2 aromatic rings. The van der Waals surface area contributed by atoms with Crippen LogP contribution in [0, 0.1) is 0 Å². The lowest BCUT2D eigenvalue weighted by Crippen LogP contribution is -2.15. The van der Waals surface area contributed by atoms with Crippen LogP contribution in [0.2, 0.25) is 0 Å². The predicted octanol–water partition coefficient (Wildman–Crippen LogP) is 4.14. The largest absolute Gasteiger partial charge is 0.466 e. The number of benzene rings is 2. The molecule has 2 rings (SSSR count). The molecule has 28 heavy (non-hydrogen) atoms. The fourth-order valence-electron chi connectivity index (χ4n) is 2.07. The summed E-state index contributed by atoms with van der Waals surface area (Å²) in [5.74, 6) is -1.23. The van der Waals surface area contributed by atoms with Crippen LogP contribution < -0.4 is 10.1 Å². The molecule has 9 heteroatoms. The SMILES string of the molecule is COC(=O)/C=C(/Nc1ccc(Oc2cccc(C(F)(F)F)c2)cc1)C(=O)OC. The van der Waals surface area contributed by atoms with E-state index in [2.05, 4.69) is 14.8 Å². The van der Waals surface area contributed by atoms with Gasteiger partial charge in [0.25, 0.3) is 0 Å². The maximum absolute atomic E-state index is 12.8. The highest BCUT2D eigenvalue weighted by Crippen LogP contribution is 2.32. The third kappa shape index (κ3) is 5.76. The van der Waals surface area contributed by atoms with Crippen LogP contribution in [0.4, 0.5) is 18.9 Å². The molecule has 0 aliphatic rings. The molecular formula is C19H16F3NO5. The topological polar surface area (TPSA) is 73.9 Å². The van der Waals surface area contributed by atoms with Crippen molar-refractivity contribution in [3.05, 3.63) is 65.9 Å². The molecule has 0 saturated carbocycles. The van der Waals surface area contributed by atoms with E-state index < -0.39 is 23.7 Å². The summed E-state index contributed by atoms with van der Waals surface area (Å²) in [5, 5.41) is 2.70. The van der Waals surface area contributed by atoms with Crippen LogP contribution in [0.3, 0.4) is 0 Å². The molecule has 2 aromatic carbocycles. The minimum atomic E-state index is -4.47. The van der Waals surface area contributed by atoms with Crippen LogP contribution in [0.1, 0.15) is 5.56 Å². The zero-order valence-electron chi connectivity index (χ0n) is 14.9. The molecule has 148 valence electrons. The lowest BCUT2D eigenvalue weighted by atomic mass is 10.2. The van der Waals surface area contributed by atoms with E-state index in [4.69, 9.17) is 4.74 Å². The molecule has 0 radical (unpaired) electrons. The average Bonchev–Trinajstić information content (AvgIpc) is 2.67. The second-order valence-corrected chi connectivity index (χ2v) is 5.35. The van der Waals surface area contributed by atoms with Gasteiger partial charge in [0.1, 0.15) is 17.2 Å². The third-order valence-electron chi connectivity index (χ3n) is 3.40.